The highest BCUT2D eigenvalue weighted by Crippen LogP contribution is 2.29. The molecule has 0 saturated carbocycles. The van der Waals surface area contributed by atoms with E-state index in [9.17, 15) is 4.79 Å². The number of rotatable bonds is 3. The number of nitriles is 1. The fraction of sp³-hybridized carbons (Fsp3) is 0.133. The van der Waals surface area contributed by atoms with E-state index in [2.05, 4.69) is 11.1 Å². The van der Waals surface area contributed by atoms with Crippen LogP contribution in [0.15, 0.2) is 30.5 Å². The number of carboxylic acid groups (broad SMARTS) is 1. The van der Waals surface area contributed by atoms with E-state index < -0.39 is 5.97 Å². The highest BCUT2D eigenvalue weighted by molar-refractivity contribution is 5.87. The van der Waals surface area contributed by atoms with Gasteiger partial charge in [0, 0.05) is 12.3 Å². The molecule has 0 radical (unpaired) electrons. The van der Waals surface area contributed by atoms with Gasteiger partial charge in [-0.3, -0.25) is 0 Å². The second-order valence-corrected chi connectivity index (χ2v) is 4.34. The lowest BCUT2D eigenvalue weighted by Gasteiger charge is -2.11. The first-order chi connectivity index (χ1) is 9.51. The van der Waals surface area contributed by atoms with Crippen LogP contribution in [0.3, 0.4) is 0 Å². The van der Waals surface area contributed by atoms with E-state index in [4.69, 9.17) is 15.1 Å². The second-order valence-electron chi connectivity index (χ2n) is 4.34. The lowest BCUT2D eigenvalue weighted by atomic mass is 10.1. The third-order valence-electron chi connectivity index (χ3n) is 2.78. The molecule has 0 atom stereocenters. The van der Waals surface area contributed by atoms with Crippen LogP contribution in [0, 0.1) is 25.2 Å². The number of pyridine rings is 1. The van der Waals surface area contributed by atoms with E-state index in [0.29, 0.717) is 11.3 Å². The Kier molecular flexibility index (Phi) is 3.67. The Bertz CT molecular complexity index is 694. The summed E-state index contributed by atoms with van der Waals surface area (Å²) < 4.78 is 5.65. The molecular weight excluding hydrogens is 256 g/mol. The van der Waals surface area contributed by atoms with Crippen molar-refractivity contribution in [2.75, 3.05) is 0 Å². The summed E-state index contributed by atoms with van der Waals surface area (Å²) in [7, 11) is 0. The van der Waals surface area contributed by atoms with Gasteiger partial charge in [0.2, 0.25) is 5.88 Å². The summed E-state index contributed by atoms with van der Waals surface area (Å²) in [6, 6.07) is 8.26. The molecule has 2 aromatic rings. The van der Waals surface area contributed by atoms with Crippen LogP contribution in [0.4, 0.5) is 0 Å². The molecule has 100 valence electrons. The molecule has 5 nitrogen and oxygen atoms in total. The normalized spacial score (nSPS) is 9.85. The molecule has 1 N–H and O–H groups in total. The van der Waals surface area contributed by atoms with Crippen molar-refractivity contribution < 1.29 is 14.6 Å². The van der Waals surface area contributed by atoms with E-state index in [1.54, 1.807) is 12.1 Å². The summed E-state index contributed by atoms with van der Waals surface area (Å²) >= 11 is 0. The smallest absolute Gasteiger partial charge is 0.335 e. The molecule has 20 heavy (non-hydrogen) atoms. The zero-order valence-electron chi connectivity index (χ0n) is 11.0. The van der Waals surface area contributed by atoms with Gasteiger partial charge in [0.15, 0.2) is 0 Å². The van der Waals surface area contributed by atoms with Gasteiger partial charge in [0.25, 0.3) is 0 Å². The Balaban J connectivity index is 2.38. The highest BCUT2D eigenvalue weighted by atomic mass is 16.5. The maximum atomic E-state index is 10.9. The third-order valence-corrected chi connectivity index (χ3v) is 2.78. The molecule has 0 bridgehead atoms. The van der Waals surface area contributed by atoms with Crippen LogP contribution in [0.5, 0.6) is 11.6 Å². The maximum Gasteiger partial charge on any atom is 0.335 e. The van der Waals surface area contributed by atoms with Gasteiger partial charge >= 0.3 is 5.97 Å². The number of carbonyl (C=O) groups is 1. The molecule has 0 aliphatic carbocycles. The number of nitrogens with zero attached hydrogens (tertiary/aromatic N) is 2. The van der Waals surface area contributed by atoms with Crippen molar-refractivity contribution in [1.29, 1.82) is 5.26 Å². The van der Waals surface area contributed by atoms with Crippen molar-refractivity contribution in [1.82, 2.24) is 4.98 Å². The summed E-state index contributed by atoms with van der Waals surface area (Å²) in [4.78, 5) is 14.9. The van der Waals surface area contributed by atoms with E-state index in [-0.39, 0.29) is 11.4 Å². The summed E-state index contributed by atoms with van der Waals surface area (Å²) in [6.45, 7) is 3.65. The molecule has 1 aromatic carbocycles. The van der Waals surface area contributed by atoms with Crippen LogP contribution in [0.1, 0.15) is 27.0 Å². The first-order valence-corrected chi connectivity index (χ1v) is 5.90. The number of ether oxygens (including phenoxy) is 1. The monoisotopic (exact) mass is 268 g/mol. The largest absolute Gasteiger partial charge is 0.478 e. The predicted octanol–water partition coefficient (Wildman–Crippen LogP) is 3.06. The summed E-state index contributed by atoms with van der Waals surface area (Å²) in [5, 5.41) is 17.8. The number of hydrogen-bond donors (Lipinski definition) is 1. The molecule has 0 fully saturated rings. The van der Waals surface area contributed by atoms with Gasteiger partial charge in [-0.05, 0) is 43.2 Å². The Morgan fingerprint density at radius 3 is 2.50 bits per heavy atom. The van der Waals surface area contributed by atoms with Gasteiger partial charge in [-0.1, -0.05) is 0 Å². The fourth-order valence-corrected chi connectivity index (χ4v) is 1.88. The van der Waals surface area contributed by atoms with Crippen molar-refractivity contribution in [3.8, 4) is 17.7 Å². The number of aryl methyl sites for hydroxylation is 2. The van der Waals surface area contributed by atoms with Crippen LogP contribution in [0.2, 0.25) is 0 Å². The lowest BCUT2D eigenvalue weighted by molar-refractivity contribution is 0.0696. The van der Waals surface area contributed by atoms with Gasteiger partial charge in [-0.25, -0.2) is 9.78 Å². The standard InChI is InChI=1S/C15H12N2O3/c1-9-5-11(8-16)6-10(2)14(9)20-13-7-12(15(18)19)3-4-17-13/h3-7H,1-2H3,(H,18,19). The topological polar surface area (TPSA) is 83.2 Å². The Labute approximate surface area is 116 Å². The average molecular weight is 268 g/mol. The van der Waals surface area contributed by atoms with Gasteiger partial charge in [-0.15, -0.1) is 0 Å². The molecule has 5 heteroatoms. The van der Waals surface area contributed by atoms with Crippen molar-refractivity contribution in [2.24, 2.45) is 0 Å². The van der Waals surface area contributed by atoms with Crippen molar-refractivity contribution >= 4 is 5.97 Å². The molecule has 0 aliphatic rings. The predicted molar refractivity (Wildman–Crippen MR) is 71.9 cm³/mol. The molecule has 0 saturated heterocycles. The Morgan fingerprint density at radius 1 is 1.30 bits per heavy atom. The molecule has 1 aromatic heterocycles. The van der Waals surface area contributed by atoms with Crippen molar-refractivity contribution in [2.45, 2.75) is 13.8 Å². The first-order valence-electron chi connectivity index (χ1n) is 5.90. The molecule has 2 rings (SSSR count). The molecule has 0 unspecified atom stereocenters. The summed E-state index contributed by atoms with van der Waals surface area (Å²) in [6.07, 6.45) is 1.38. The van der Waals surface area contributed by atoms with Gasteiger partial charge < -0.3 is 9.84 Å². The zero-order chi connectivity index (χ0) is 14.7. The van der Waals surface area contributed by atoms with E-state index in [0.717, 1.165) is 11.1 Å². The molecule has 0 spiro atoms. The van der Waals surface area contributed by atoms with Gasteiger partial charge in [0.05, 0.1) is 17.2 Å². The quantitative estimate of drug-likeness (QED) is 0.924. The molecule has 0 aliphatic heterocycles. The maximum absolute atomic E-state index is 10.9. The highest BCUT2D eigenvalue weighted by Gasteiger charge is 2.10. The number of carboxylic acids is 1. The molecular formula is C15H12N2O3. The molecule has 0 amide bonds. The minimum atomic E-state index is -1.04. The Hall–Kier alpha value is -2.87. The molecule has 1 heterocycles. The van der Waals surface area contributed by atoms with Crippen LogP contribution >= 0.6 is 0 Å². The Morgan fingerprint density at radius 2 is 1.95 bits per heavy atom. The number of hydrogen-bond acceptors (Lipinski definition) is 4. The number of aromatic nitrogens is 1. The first kappa shape index (κ1) is 13.6. The minimum absolute atomic E-state index is 0.110. The zero-order valence-corrected chi connectivity index (χ0v) is 11.0. The van der Waals surface area contributed by atoms with E-state index in [1.807, 2.05) is 13.8 Å². The fourth-order valence-electron chi connectivity index (χ4n) is 1.88. The average Bonchev–Trinajstić information content (AvgIpc) is 2.42. The number of aromatic carboxylic acids is 1. The third kappa shape index (κ3) is 2.75. The number of benzene rings is 1. The van der Waals surface area contributed by atoms with Crippen LogP contribution < -0.4 is 4.74 Å². The van der Waals surface area contributed by atoms with Crippen molar-refractivity contribution in [3.63, 3.8) is 0 Å². The lowest BCUT2D eigenvalue weighted by Crippen LogP contribution is -1.99. The van der Waals surface area contributed by atoms with Gasteiger partial charge in [0.1, 0.15) is 5.75 Å². The SMILES string of the molecule is Cc1cc(C#N)cc(C)c1Oc1cc(C(=O)O)ccn1. The van der Waals surface area contributed by atoms with Crippen LogP contribution in [-0.2, 0) is 0 Å². The summed E-state index contributed by atoms with van der Waals surface area (Å²) in [5.74, 6) is -0.245. The van der Waals surface area contributed by atoms with Crippen LogP contribution in [0.25, 0.3) is 0 Å². The van der Waals surface area contributed by atoms with Crippen molar-refractivity contribution in [3.05, 3.63) is 52.7 Å². The van der Waals surface area contributed by atoms with E-state index >= 15 is 0 Å². The van der Waals surface area contributed by atoms with Crippen LogP contribution in [-0.4, -0.2) is 16.1 Å². The minimum Gasteiger partial charge on any atom is -0.478 e. The summed E-state index contributed by atoms with van der Waals surface area (Å²) in [5.41, 5.74) is 2.26. The van der Waals surface area contributed by atoms with E-state index in [1.165, 1.54) is 18.3 Å². The van der Waals surface area contributed by atoms with Gasteiger partial charge in [-0.2, -0.15) is 5.26 Å². The second kappa shape index (κ2) is 5.41.